The van der Waals surface area contributed by atoms with E-state index >= 15 is 0 Å². The minimum absolute atomic E-state index is 0.0985. The van der Waals surface area contributed by atoms with Crippen LogP contribution < -0.4 is 5.32 Å². The lowest BCUT2D eigenvalue weighted by Gasteiger charge is -2.10. The maximum atomic E-state index is 11.4. The van der Waals surface area contributed by atoms with Crippen molar-refractivity contribution in [1.29, 1.82) is 0 Å². The number of tetrazole rings is 1. The van der Waals surface area contributed by atoms with Crippen LogP contribution in [0.15, 0.2) is 0 Å². The minimum atomic E-state index is -0.265. The van der Waals surface area contributed by atoms with E-state index in [0.717, 1.165) is 19.5 Å². The van der Waals surface area contributed by atoms with Crippen LogP contribution in [0.5, 0.6) is 0 Å². The van der Waals surface area contributed by atoms with Gasteiger partial charge in [-0.25, -0.2) is 0 Å². The number of hydrogen-bond acceptors (Lipinski definition) is 5. The number of nitrogens with zero attached hydrogens (tertiary/aromatic N) is 4. The number of hydrogen-bond donors (Lipinski definition) is 2. The van der Waals surface area contributed by atoms with Crippen molar-refractivity contribution in [1.82, 2.24) is 30.8 Å². The zero-order valence-corrected chi connectivity index (χ0v) is 8.60. The van der Waals surface area contributed by atoms with Crippen LogP contribution in [0.3, 0.4) is 0 Å². The number of likely N-dealkylation sites (tertiary alicyclic amines) is 1. The molecule has 15 heavy (non-hydrogen) atoms. The van der Waals surface area contributed by atoms with Crippen LogP contribution in [-0.4, -0.2) is 58.1 Å². The number of aromatic amines is 1. The molecule has 7 nitrogen and oxygen atoms in total. The SMILES string of the molecule is CN1CCC(CNC(=O)c2nn[nH]n2)C1. The van der Waals surface area contributed by atoms with E-state index < -0.39 is 0 Å². The zero-order valence-electron chi connectivity index (χ0n) is 8.60. The fourth-order valence-electron chi connectivity index (χ4n) is 1.77. The van der Waals surface area contributed by atoms with Gasteiger partial charge in [0.15, 0.2) is 0 Å². The lowest BCUT2D eigenvalue weighted by atomic mass is 10.1. The summed E-state index contributed by atoms with van der Waals surface area (Å²) in [6, 6.07) is 0. The Morgan fingerprint density at radius 3 is 3.20 bits per heavy atom. The fourth-order valence-corrected chi connectivity index (χ4v) is 1.77. The van der Waals surface area contributed by atoms with Crippen LogP contribution in [0.4, 0.5) is 0 Å². The van der Waals surface area contributed by atoms with Gasteiger partial charge in [0.25, 0.3) is 11.7 Å². The van der Waals surface area contributed by atoms with Crippen LogP contribution in [0.2, 0.25) is 0 Å². The molecular formula is C8H14N6O. The van der Waals surface area contributed by atoms with Gasteiger partial charge in [-0.15, -0.1) is 10.2 Å². The van der Waals surface area contributed by atoms with Crippen molar-refractivity contribution < 1.29 is 4.79 Å². The van der Waals surface area contributed by atoms with Gasteiger partial charge in [-0.3, -0.25) is 4.79 Å². The van der Waals surface area contributed by atoms with Gasteiger partial charge in [-0.2, -0.15) is 5.21 Å². The molecule has 1 unspecified atom stereocenters. The van der Waals surface area contributed by atoms with Gasteiger partial charge in [-0.05, 0) is 31.1 Å². The second-order valence-corrected chi connectivity index (χ2v) is 3.86. The summed E-state index contributed by atoms with van der Waals surface area (Å²) in [5, 5.41) is 15.6. The van der Waals surface area contributed by atoms with E-state index in [2.05, 4.69) is 37.9 Å². The third-order valence-electron chi connectivity index (χ3n) is 2.59. The van der Waals surface area contributed by atoms with Crippen molar-refractivity contribution >= 4 is 5.91 Å². The molecule has 1 aliphatic rings. The number of aromatic nitrogens is 4. The van der Waals surface area contributed by atoms with Gasteiger partial charge in [0.2, 0.25) is 0 Å². The molecule has 82 valence electrons. The summed E-state index contributed by atoms with van der Waals surface area (Å²) in [5.74, 6) is 0.366. The molecule has 2 rings (SSSR count). The molecule has 0 radical (unpaired) electrons. The second-order valence-electron chi connectivity index (χ2n) is 3.86. The molecule has 0 bridgehead atoms. The number of nitrogens with one attached hydrogen (secondary N) is 2. The van der Waals surface area contributed by atoms with Crippen molar-refractivity contribution in [2.45, 2.75) is 6.42 Å². The van der Waals surface area contributed by atoms with Crippen molar-refractivity contribution in [3.05, 3.63) is 5.82 Å². The van der Waals surface area contributed by atoms with E-state index in [1.165, 1.54) is 0 Å². The third-order valence-corrected chi connectivity index (χ3v) is 2.59. The van der Waals surface area contributed by atoms with Crippen LogP contribution in [-0.2, 0) is 0 Å². The fraction of sp³-hybridized carbons (Fsp3) is 0.750. The quantitative estimate of drug-likeness (QED) is 0.660. The smallest absolute Gasteiger partial charge is 0.292 e. The average Bonchev–Trinajstić information content (AvgIpc) is 2.84. The second kappa shape index (κ2) is 4.35. The lowest BCUT2D eigenvalue weighted by molar-refractivity contribution is 0.0937. The predicted octanol–water partition coefficient (Wildman–Crippen LogP) is -1.12. The summed E-state index contributed by atoms with van der Waals surface area (Å²) in [7, 11) is 2.08. The maximum absolute atomic E-state index is 11.4. The first-order valence-electron chi connectivity index (χ1n) is 4.96. The van der Waals surface area contributed by atoms with E-state index in [0.29, 0.717) is 12.5 Å². The molecule has 1 fully saturated rings. The molecule has 0 saturated carbocycles. The van der Waals surface area contributed by atoms with Gasteiger partial charge in [0, 0.05) is 13.1 Å². The van der Waals surface area contributed by atoms with Gasteiger partial charge >= 0.3 is 0 Å². The Bertz CT molecular complexity index is 324. The normalized spacial score (nSPS) is 21.8. The zero-order chi connectivity index (χ0) is 10.7. The summed E-state index contributed by atoms with van der Waals surface area (Å²) >= 11 is 0. The minimum Gasteiger partial charge on any atom is -0.349 e. The van der Waals surface area contributed by atoms with Crippen molar-refractivity contribution in [2.24, 2.45) is 5.92 Å². The Balaban J connectivity index is 1.76. The number of H-pyrrole nitrogens is 1. The molecule has 2 heterocycles. The van der Waals surface area contributed by atoms with Crippen LogP contribution in [0.25, 0.3) is 0 Å². The molecule has 0 spiro atoms. The Kier molecular flexibility index (Phi) is 2.91. The first kappa shape index (κ1) is 10.0. The Morgan fingerprint density at radius 1 is 1.73 bits per heavy atom. The maximum Gasteiger partial charge on any atom is 0.292 e. The standard InChI is InChI=1S/C8H14N6O/c1-14-3-2-6(5-14)4-9-8(15)7-10-12-13-11-7/h6H,2-5H2,1H3,(H,9,15)(H,10,11,12,13). The highest BCUT2D eigenvalue weighted by Crippen LogP contribution is 2.12. The Morgan fingerprint density at radius 2 is 2.60 bits per heavy atom. The van der Waals surface area contributed by atoms with E-state index in [9.17, 15) is 4.79 Å². The highest BCUT2D eigenvalue weighted by Gasteiger charge is 2.20. The van der Waals surface area contributed by atoms with Gasteiger partial charge in [0.1, 0.15) is 0 Å². The van der Waals surface area contributed by atoms with Crippen LogP contribution in [0.1, 0.15) is 17.0 Å². The summed E-state index contributed by atoms with van der Waals surface area (Å²) in [4.78, 5) is 13.7. The summed E-state index contributed by atoms with van der Waals surface area (Å²) in [6.45, 7) is 2.81. The van der Waals surface area contributed by atoms with E-state index in [1.807, 2.05) is 0 Å². The summed E-state index contributed by atoms with van der Waals surface area (Å²) in [6.07, 6.45) is 1.13. The molecule has 1 saturated heterocycles. The van der Waals surface area contributed by atoms with Gasteiger partial charge < -0.3 is 10.2 Å². The lowest BCUT2D eigenvalue weighted by Crippen LogP contribution is -2.31. The predicted molar refractivity (Wildman–Crippen MR) is 52.1 cm³/mol. The molecule has 1 atom stereocenters. The molecular weight excluding hydrogens is 196 g/mol. The molecule has 1 aromatic heterocycles. The van der Waals surface area contributed by atoms with E-state index in [4.69, 9.17) is 0 Å². The molecule has 0 aliphatic carbocycles. The third kappa shape index (κ3) is 2.50. The van der Waals surface area contributed by atoms with Gasteiger partial charge in [0.05, 0.1) is 0 Å². The summed E-state index contributed by atoms with van der Waals surface area (Å²) in [5.41, 5.74) is 0. The van der Waals surface area contributed by atoms with Crippen molar-refractivity contribution in [3.8, 4) is 0 Å². The first-order valence-corrected chi connectivity index (χ1v) is 4.96. The molecule has 0 aromatic carbocycles. The highest BCUT2D eigenvalue weighted by atomic mass is 16.2. The van der Waals surface area contributed by atoms with E-state index in [1.54, 1.807) is 0 Å². The first-order chi connectivity index (χ1) is 7.25. The van der Waals surface area contributed by atoms with Crippen molar-refractivity contribution in [3.63, 3.8) is 0 Å². The topological polar surface area (TPSA) is 86.8 Å². The average molecular weight is 210 g/mol. The monoisotopic (exact) mass is 210 g/mol. The number of rotatable bonds is 3. The number of amides is 1. The van der Waals surface area contributed by atoms with Gasteiger partial charge in [-0.1, -0.05) is 0 Å². The molecule has 1 amide bonds. The van der Waals surface area contributed by atoms with E-state index in [-0.39, 0.29) is 11.7 Å². The molecule has 7 heteroatoms. The highest BCUT2D eigenvalue weighted by molar-refractivity contribution is 5.89. The van der Waals surface area contributed by atoms with Crippen LogP contribution >= 0.6 is 0 Å². The van der Waals surface area contributed by atoms with Crippen molar-refractivity contribution in [2.75, 3.05) is 26.7 Å². The molecule has 2 N–H and O–H groups in total. The number of carbonyl (C=O) groups excluding carboxylic acids is 1. The molecule has 1 aliphatic heterocycles. The number of carbonyl (C=O) groups is 1. The Labute approximate surface area is 87.2 Å². The summed E-state index contributed by atoms with van der Waals surface area (Å²) < 4.78 is 0. The molecule has 1 aromatic rings. The van der Waals surface area contributed by atoms with Crippen LogP contribution in [0, 0.1) is 5.92 Å². The Hall–Kier alpha value is -1.50. The largest absolute Gasteiger partial charge is 0.349 e.